The summed E-state index contributed by atoms with van der Waals surface area (Å²) in [6.45, 7) is 2.06. The summed E-state index contributed by atoms with van der Waals surface area (Å²) in [5.41, 5.74) is 2.52. The third-order valence-electron chi connectivity index (χ3n) is 6.41. The summed E-state index contributed by atoms with van der Waals surface area (Å²) in [6.07, 6.45) is 1.47. The molecule has 4 aliphatic rings. The van der Waals surface area contributed by atoms with E-state index in [1.807, 2.05) is 12.1 Å². The lowest BCUT2D eigenvalue weighted by Gasteiger charge is -2.42. The number of aliphatic hydroxyl groups excluding tert-OH is 1. The molecule has 6 bridgehead atoms. The maximum Gasteiger partial charge on any atom is 0.164 e. The van der Waals surface area contributed by atoms with Crippen LogP contribution in [0.2, 0.25) is 0 Å². The molecular formula is C19H18O3. The molecule has 0 aliphatic heterocycles. The Balaban J connectivity index is 1.96. The smallest absolute Gasteiger partial charge is 0.164 e. The molecule has 112 valence electrons. The fraction of sp³-hybridized carbons (Fsp3) is 0.421. The molecule has 1 unspecified atom stereocenters. The lowest BCUT2D eigenvalue weighted by Crippen LogP contribution is -2.39. The lowest BCUT2D eigenvalue weighted by atomic mass is 9.61. The minimum absolute atomic E-state index is 0.137. The van der Waals surface area contributed by atoms with Gasteiger partial charge in [0.2, 0.25) is 0 Å². The number of phenolic OH excluding ortho intramolecular Hbond substituents is 1. The number of aliphatic hydroxyl groups is 1. The van der Waals surface area contributed by atoms with E-state index in [2.05, 4.69) is 13.0 Å². The highest BCUT2D eigenvalue weighted by molar-refractivity contribution is 6.12. The first-order chi connectivity index (χ1) is 10.5. The first kappa shape index (κ1) is 12.7. The Morgan fingerprint density at radius 1 is 1.18 bits per heavy atom. The van der Waals surface area contributed by atoms with Gasteiger partial charge in [-0.3, -0.25) is 4.79 Å². The van der Waals surface area contributed by atoms with E-state index in [-0.39, 0.29) is 17.1 Å². The molecule has 4 atom stereocenters. The van der Waals surface area contributed by atoms with Crippen LogP contribution < -0.4 is 0 Å². The van der Waals surface area contributed by atoms with Gasteiger partial charge in [0.15, 0.2) is 5.78 Å². The molecule has 2 aromatic carbocycles. The molecule has 2 N–H and O–H groups in total. The number of benzene rings is 2. The maximum absolute atomic E-state index is 12.8. The highest BCUT2D eigenvalue weighted by Crippen LogP contribution is 2.61. The second kappa shape index (κ2) is 3.72. The van der Waals surface area contributed by atoms with Gasteiger partial charge < -0.3 is 10.2 Å². The van der Waals surface area contributed by atoms with Crippen LogP contribution in [0, 0.1) is 11.3 Å². The van der Waals surface area contributed by atoms with Crippen molar-refractivity contribution in [1.29, 1.82) is 0 Å². The molecule has 4 aliphatic carbocycles. The Labute approximate surface area is 128 Å². The van der Waals surface area contributed by atoms with E-state index in [4.69, 9.17) is 0 Å². The normalized spacial score (nSPS) is 35.2. The van der Waals surface area contributed by atoms with Gasteiger partial charge >= 0.3 is 0 Å². The topological polar surface area (TPSA) is 57.5 Å². The molecule has 0 amide bonds. The van der Waals surface area contributed by atoms with Gasteiger partial charge in [0.25, 0.3) is 0 Å². The second-order valence-corrected chi connectivity index (χ2v) is 7.49. The van der Waals surface area contributed by atoms with E-state index >= 15 is 0 Å². The number of hydrogen-bond acceptors (Lipinski definition) is 3. The Morgan fingerprint density at radius 2 is 1.95 bits per heavy atom. The first-order valence-electron chi connectivity index (χ1n) is 7.99. The highest BCUT2D eigenvalue weighted by Gasteiger charge is 2.56. The van der Waals surface area contributed by atoms with Crippen LogP contribution in [0.1, 0.15) is 47.2 Å². The van der Waals surface area contributed by atoms with Gasteiger partial charge in [-0.1, -0.05) is 19.1 Å². The van der Waals surface area contributed by atoms with E-state index in [0.29, 0.717) is 24.5 Å². The van der Waals surface area contributed by atoms with Crippen LogP contribution >= 0.6 is 0 Å². The molecule has 1 saturated carbocycles. The average Bonchev–Trinajstić information content (AvgIpc) is 2.69. The Bertz CT molecular complexity index is 853. The molecule has 3 heteroatoms. The van der Waals surface area contributed by atoms with Crippen molar-refractivity contribution in [3.8, 4) is 5.75 Å². The van der Waals surface area contributed by atoms with Crippen LogP contribution in [-0.2, 0) is 6.42 Å². The zero-order chi connectivity index (χ0) is 15.2. The van der Waals surface area contributed by atoms with Crippen molar-refractivity contribution in [3.63, 3.8) is 0 Å². The van der Waals surface area contributed by atoms with Crippen molar-refractivity contribution in [2.24, 2.45) is 11.3 Å². The fourth-order valence-electron chi connectivity index (χ4n) is 5.43. The molecule has 0 spiro atoms. The van der Waals surface area contributed by atoms with E-state index in [9.17, 15) is 15.0 Å². The van der Waals surface area contributed by atoms with Gasteiger partial charge in [0.1, 0.15) is 5.75 Å². The Kier molecular flexibility index (Phi) is 2.14. The highest BCUT2D eigenvalue weighted by atomic mass is 16.3. The molecule has 22 heavy (non-hydrogen) atoms. The number of rotatable bonds is 0. The van der Waals surface area contributed by atoms with Crippen LogP contribution in [0.3, 0.4) is 0 Å². The predicted molar refractivity (Wildman–Crippen MR) is 83.2 cm³/mol. The molecule has 0 heterocycles. The quantitative estimate of drug-likeness (QED) is 0.784. The zero-order valence-electron chi connectivity index (χ0n) is 12.5. The van der Waals surface area contributed by atoms with Gasteiger partial charge in [-0.05, 0) is 53.1 Å². The van der Waals surface area contributed by atoms with Crippen LogP contribution in [0.4, 0.5) is 0 Å². The number of ketones is 1. The SMILES string of the molecule is C[C@@]12CC(=O)c3c4ccc5c(c(O)ccc35)C[C@H](C[C@@H]1O)C42. The number of fused-ring (bicyclic) bond motifs is 1. The van der Waals surface area contributed by atoms with Gasteiger partial charge in [0.05, 0.1) is 6.10 Å². The van der Waals surface area contributed by atoms with Gasteiger partial charge in [-0.25, -0.2) is 0 Å². The van der Waals surface area contributed by atoms with Crippen molar-refractivity contribution in [1.82, 2.24) is 0 Å². The van der Waals surface area contributed by atoms with Crippen LogP contribution in [0.5, 0.6) is 5.75 Å². The number of carbonyl (C=O) groups excluding carboxylic acids is 1. The lowest BCUT2D eigenvalue weighted by molar-refractivity contribution is 0.0410. The van der Waals surface area contributed by atoms with E-state index in [0.717, 1.165) is 33.9 Å². The fourth-order valence-corrected chi connectivity index (χ4v) is 5.43. The van der Waals surface area contributed by atoms with Crippen molar-refractivity contribution < 1.29 is 15.0 Å². The molecule has 0 aromatic heterocycles. The van der Waals surface area contributed by atoms with E-state index in [1.54, 1.807) is 6.07 Å². The Hall–Kier alpha value is -1.87. The minimum Gasteiger partial charge on any atom is -0.508 e. The van der Waals surface area contributed by atoms with Crippen LogP contribution in [0.15, 0.2) is 24.3 Å². The van der Waals surface area contributed by atoms with Crippen LogP contribution in [0.25, 0.3) is 10.8 Å². The number of Topliss-reactive ketones (excluding diaryl/α,β-unsaturated/α-hetero) is 1. The summed E-state index contributed by atoms with van der Waals surface area (Å²) >= 11 is 0. The first-order valence-corrected chi connectivity index (χ1v) is 7.99. The number of phenols is 1. The molecule has 3 nitrogen and oxygen atoms in total. The molecule has 6 rings (SSSR count). The molecule has 2 aromatic rings. The third kappa shape index (κ3) is 1.25. The largest absolute Gasteiger partial charge is 0.508 e. The summed E-state index contributed by atoms with van der Waals surface area (Å²) in [7, 11) is 0. The summed E-state index contributed by atoms with van der Waals surface area (Å²) in [5.74, 6) is 0.946. The van der Waals surface area contributed by atoms with Crippen molar-refractivity contribution in [2.45, 2.75) is 38.2 Å². The third-order valence-corrected chi connectivity index (χ3v) is 6.41. The van der Waals surface area contributed by atoms with Crippen molar-refractivity contribution >= 4 is 16.6 Å². The zero-order valence-corrected chi connectivity index (χ0v) is 12.5. The predicted octanol–water partition coefficient (Wildman–Crippen LogP) is 3.16. The van der Waals surface area contributed by atoms with Crippen LogP contribution in [-0.4, -0.2) is 22.1 Å². The standard InChI is InChI=1S/C19H18O3/c1-19-8-15(21)17-11-4-5-14(20)13-6-9(7-16(19)22)18(19)12(17)3-2-10(11)13/h2-5,9,16,18,20,22H,6-8H2,1H3/t9-,16+,18?,19-/m1/s1. The number of carbonyl (C=O) groups is 1. The summed E-state index contributed by atoms with van der Waals surface area (Å²) in [6, 6.07) is 7.69. The summed E-state index contributed by atoms with van der Waals surface area (Å²) < 4.78 is 0. The van der Waals surface area contributed by atoms with Gasteiger partial charge in [-0.2, -0.15) is 0 Å². The summed E-state index contributed by atoms with van der Waals surface area (Å²) in [5, 5.41) is 22.9. The molecule has 0 saturated heterocycles. The van der Waals surface area contributed by atoms with E-state index in [1.165, 1.54) is 0 Å². The van der Waals surface area contributed by atoms with Gasteiger partial charge in [-0.15, -0.1) is 0 Å². The second-order valence-electron chi connectivity index (χ2n) is 7.49. The Morgan fingerprint density at radius 3 is 2.77 bits per heavy atom. The molecular weight excluding hydrogens is 276 g/mol. The number of hydrogen-bond donors (Lipinski definition) is 2. The monoisotopic (exact) mass is 294 g/mol. The summed E-state index contributed by atoms with van der Waals surface area (Å²) in [4.78, 5) is 12.8. The molecule has 0 radical (unpaired) electrons. The minimum atomic E-state index is -0.448. The maximum atomic E-state index is 12.8. The van der Waals surface area contributed by atoms with Crippen molar-refractivity contribution in [2.75, 3.05) is 0 Å². The number of aromatic hydroxyl groups is 1. The van der Waals surface area contributed by atoms with Gasteiger partial charge in [0, 0.05) is 23.0 Å². The molecule has 1 fully saturated rings. The average molecular weight is 294 g/mol. The van der Waals surface area contributed by atoms with E-state index < -0.39 is 6.10 Å². The van der Waals surface area contributed by atoms with Crippen molar-refractivity contribution in [3.05, 3.63) is 41.0 Å².